The van der Waals surface area contributed by atoms with Crippen molar-refractivity contribution in [3.8, 4) is 5.88 Å². The van der Waals surface area contributed by atoms with Gasteiger partial charge in [0.2, 0.25) is 5.88 Å². The topological polar surface area (TPSA) is 95.8 Å². The molecule has 2 aliphatic rings. The van der Waals surface area contributed by atoms with E-state index in [0.717, 1.165) is 30.0 Å². The molecule has 0 unspecified atom stereocenters. The zero-order valence-electron chi connectivity index (χ0n) is 24.3. The van der Waals surface area contributed by atoms with Crippen LogP contribution in [0.2, 0.25) is 0 Å². The Morgan fingerprint density at radius 1 is 0.891 bits per heavy atom. The molecule has 0 radical (unpaired) electrons. The second-order valence-corrected chi connectivity index (χ2v) is 11.4. The number of pyridine rings is 1. The van der Waals surface area contributed by atoms with Gasteiger partial charge in [0.1, 0.15) is 11.7 Å². The Labute approximate surface area is 265 Å². The number of piperazine rings is 1. The van der Waals surface area contributed by atoms with E-state index in [0.29, 0.717) is 68.5 Å². The predicted molar refractivity (Wildman–Crippen MR) is 164 cm³/mol. The van der Waals surface area contributed by atoms with Crippen LogP contribution in [0, 0.1) is 10.1 Å². The fraction of sp³-hybridized carbons (Fsp3) is 0.400. The van der Waals surface area contributed by atoms with Crippen molar-refractivity contribution in [3.63, 3.8) is 0 Å². The van der Waals surface area contributed by atoms with Gasteiger partial charge >= 0.3 is 12.4 Å². The van der Waals surface area contributed by atoms with Crippen molar-refractivity contribution in [2.45, 2.75) is 50.2 Å². The van der Waals surface area contributed by atoms with Crippen molar-refractivity contribution in [1.82, 2.24) is 9.88 Å². The van der Waals surface area contributed by atoms with Gasteiger partial charge in [0.25, 0.3) is 5.69 Å². The zero-order chi connectivity index (χ0) is 33.1. The lowest BCUT2D eigenvalue weighted by Crippen LogP contribution is -2.50. The SMILES string of the molecule is O=[N+]([O-])c1ccc(NC2CCC(Oc3cc(N4CCN(C(=S)Nc5ccc(C(F)(F)F)cc5)CC4)ccn3)CC2)cc1C(F)(F)F. The van der Waals surface area contributed by atoms with Gasteiger partial charge in [0.15, 0.2) is 5.11 Å². The van der Waals surface area contributed by atoms with Crippen molar-refractivity contribution in [2.24, 2.45) is 0 Å². The van der Waals surface area contributed by atoms with Crippen molar-refractivity contribution in [1.29, 1.82) is 0 Å². The van der Waals surface area contributed by atoms with Crippen LogP contribution in [-0.2, 0) is 12.4 Å². The summed E-state index contributed by atoms with van der Waals surface area (Å²) < 4.78 is 84.6. The second-order valence-electron chi connectivity index (χ2n) is 11.1. The summed E-state index contributed by atoms with van der Waals surface area (Å²) in [6, 6.07) is 11.3. The average Bonchev–Trinajstić information content (AvgIpc) is 3.01. The van der Waals surface area contributed by atoms with E-state index in [1.54, 1.807) is 6.20 Å². The summed E-state index contributed by atoms with van der Waals surface area (Å²) in [6.07, 6.45) is -5.17. The van der Waals surface area contributed by atoms with Gasteiger partial charge in [-0.1, -0.05) is 0 Å². The lowest BCUT2D eigenvalue weighted by Gasteiger charge is -2.37. The summed E-state index contributed by atoms with van der Waals surface area (Å²) in [4.78, 5) is 18.4. The highest BCUT2D eigenvalue weighted by atomic mass is 32.1. The van der Waals surface area contributed by atoms with Crippen LogP contribution in [-0.4, -0.2) is 58.2 Å². The molecule has 1 saturated heterocycles. The van der Waals surface area contributed by atoms with Crippen LogP contribution >= 0.6 is 12.2 Å². The van der Waals surface area contributed by atoms with Crippen LogP contribution in [0.4, 0.5) is 49.1 Å². The highest BCUT2D eigenvalue weighted by Gasteiger charge is 2.38. The molecular weight excluding hydrogens is 638 g/mol. The number of rotatable bonds is 7. The Balaban J connectivity index is 1.09. The number of ether oxygens (including phenoxy) is 1. The third-order valence-electron chi connectivity index (χ3n) is 7.95. The number of nitro groups is 1. The number of nitrogens with zero attached hydrogens (tertiary/aromatic N) is 4. The fourth-order valence-electron chi connectivity index (χ4n) is 5.52. The van der Waals surface area contributed by atoms with Crippen molar-refractivity contribution in [2.75, 3.05) is 41.7 Å². The lowest BCUT2D eigenvalue weighted by atomic mass is 9.92. The molecule has 0 spiro atoms. The largest absolute Gasteiger partial charge is 0.474 e. The first-order valence-corrected chi connectivity index (χ1v) is 14.9. The van der Waals surface area contributed by atoms with Crippen LogP contribution in [0.15, 0.2) is 60.8 Å². The molecule has 1 aromatic heterocycles. The number of aromatic nitrogens is 1. The van der Waals surface area contributed by atoms with E-state index < -0.39 is 34.1 Å². The van der Waals surface area contributed by atoms with Crippen LogP contribution in [0.3, 0.4) is 0 Å². The minimum atomic E-state index is -4.84. The summed E-state index contributed by atoms with van der Waals surface area (Å²) in [5.41, 5.74) is -1.43. The van der Waals surface area contributed by atoms with Gasteiger partial charge in [-0.2, -0.15) is 26.3 Å². The molecule has 2 N–H and O–H groups in total. The van der Waals surface area contributed by atoms with Gasteiger partial charge in [-0.3, -0.25) is 10.1 Å². The van der Waals surface area contributed by atoms with Gasteiger partial charge in [-0.15, -0.1) is 0 Å². The van der Waals surface area contributed by atoms with Crippen LogP contribution in [0.25, 0.3) is 0 Å². The third-order valence-corrected chi connectivity index (χ3v) is 8.31. The first-order valence-electron chi connectivity index (χ1n) is 14.5. The Morgan fingerprint density at radius 3 is 2.15 bits per heavy atom. The van der Waals surface area contributed by atoms with Crippen molar-refractivity contribution in [3.05, 3.63) is 82.0 Å². The van der Waals surface area contributed by atoms with E-state index in [1.807, 2.05) is 17.0 Å². The Hall–Kier alpha value is -4.34. The third kappa shape index (κ3) is 8.27. The maximum Gasteiger partial charge on any atom is 0.423 e. The molecule has 5 rings (SSSR count). The number of thiocarbonyl (C=S) groups is 1. The van der Waals surface area contributed by atoms with Crippen LogP contribution in [0.1, 0.15) is 36.8 Å². The molecule has 3 aromatic rings. The van der Waals surface area contributed by atoms with Gasteiger partial charge in [0.05, 0.1) is 10.5 Å². The minimum Gasteiger partial charge on any atom is -0.474 e. The van der Waals surface area contributed by atoms with E-state index in [2.05, 4.69) is 20.5 Å². The molecule has 9 nitrogen and oxygen atoms in total. The Bertz CT molecular complexity index is 1540. The first-order chi connectivity index (χ1) is 21.8. The number of hydrogen-bond acceptors (Lipinski definition) is 7. The molecule has 2 aromatic carbocycles. The molecule has 0 atom stereocenters. The number of anilines is 3. The number of halogens is 6. The number of nitrogens with one attached hydrogen (secondary N) is 2. The molecule has 1 aliphatic carbocycles. The normalized spacial score (nSPS) is 19.0. The number of benzene rings is 2. The molecule has 0 amide bonds. The van der Waals surface area contributed by atoms with E-state index in [-0.39, 0.29) is 17.8 Å². The maximum atomic E-state index is 13.3. The first kappa shape index (κ1) is 33.0. The molecule has 0 bridgehead atoms. The average molecular weight is 669 g/mol. The van der Waals surface area contributed by atoms with E-state index in [1.165, 1.54) is 18.2 Å². The monoisotopic (exact) mass is 668 g/mol. The summed E-state index contributed by atoms with van der Waals surface area (Å²) in [5, 5.41) is 17.5. The highest BCUT2D eigenvalue weighted by Crippen LogP contribution is 2.38. The van der Waals surface area contributed by atoms with E-state index in [4.69, 9.17) is 17.0 Å². The summed E-state index contributed by atoms with van der Waals surface area (Å²) >= 11 is 5.48. The summed E-state index contributed by atoms with van der Waals surface area (Å²) in [6.45, 7) is 2.49. The zero-order valence-corrected chi connectivity index (χ0v) is 25.1. The summed E-state index contributed by atoms with van der Waals surface area (Å²) in [7, 11) is 0. The minimum absolute atomic E-state index is 0.113. The second kappa shape index (κ2) is 13.6. The molecular formula is C30H30F6N6O3S. The molecule has 46 heavy (non-hydrogen) atoms. The van der Waals surface area contributed by atoms with E-state index in [9.17, 15) is 36.5 Å². The van der Waals surface area contributed by atoms with Crippen LogP contribution in [0.5, 0.6) is 5.88 Å². The van der Waals surface area contributed by atoms with E-state index >= 15 is 0 Å². The van der Waals surface area contributed by atoms with Crippen molar-refractivity contribution >= 4 is 40.1 Å². The lowest BCUT2D eigenvalue weighted by molar-refractivity contribution is -0.388. The smallest absolute Gasteiger partial charge is 0.423 e. The van der Waals surface area contributed by atoms with Gasteiger partial charge < -0.3 is 25.2 Å². The molecule has 1 aliphatic heterocycles. The highest BCUT2D eigenvalue weighted by molar-refractivity contribution is 7.80. The van der Waals surface area contributed by atoms with Gasteiger partial charge in [-0.25, -0.2) is 4.98 Å². The molecule has 2 fully saturated rings. The Morgan fingerprint density at radius 2 is 1.54 bits per heavy atom. The molecule has 1 saturated carbocycles. The standard InChI is InChI=1S/C30H30F6N6O3S/c31-29(32,33)19-1-3-21(4-2-19)39-28(46)41-15-13-40(14-16-41)23-11-12-37-27(18-23)45-24-8-5-20(6-9-24)38-22-7-10-26(42(43)44)25(17-22)30(34,35)36/h1-4,7,10-12,17-18,20,24,38H,5-6,8-9,13-16H2,(H,39,46). The number of nitro benzene ring substituents is 1. The molecule has 16 heteroatoms. The number of alkyl halides is 6. The predicted octanol–water partition coefficient (Wildman–Crippen LogP) is 7.35. The molecule has 246 valence electrons. The van der Waals surface area contributed by atoms with Crippen molar-refractivity contribution < 1.29 is 36.0 Å². The molecule has 2 heterocycles. The maximum absolute atomic E-state index is 13.3. The quantitative estimate of drug-likeness (QED) is 0.116. The Kier molecular flexibility index (Phi) is 9.74. The fourth-order valence-corrected chi connectivity index (χ4v) is 5.82. The number of hydrogen-bond donors (Lipinski definition) is 2. The van der Waals surface area contributed by atoms with Gasteiger partial charge in [-0.05, 0) is 80.4 Å². The summed E-state index contributed by atoms with van der Waals surface area (Å²) in [5.74, 6) is 0.459. The van der Waals surface area contributed by atoms with Gasteiger partial charge in [0, 0.05) is 67.6 Å². The van der Waals surface area contributed by atoms with Crippen LogP contribution < -0.4 is 20.3 Å².